The SMILES string of the molecule is CCCCC(NC(=O)c1sc(-c2ccccc2)nc1C)C(=O)O. The molecule has 0 saturated heterocycles. The van der Waals surface area contributed by atoms with Crippen LogP contribution in [0.3, 0.4) is 0 Å². The van der Waals surface area contributed by atoms with Gasteiger partial charge in [-0.3, -0.25) is 4.79 Å². The van der Waals surface area contributed by atoms with E-state index in [2.05, 4.69) is 10.3 Å². The number of unbranched alkanes of at least 4 members (excludes halogenated alkanes) is 1. The van der Waals surface area contributed by atoms with Crippen molar-refractivity contribution in [2.75, 3.05) is 0 Å². The number of benzene rings is 1. The molecule has 1 amide bonds. The molecule has 0 radical (unpaired) electrons. The molecule has 0 spiro atoms. The Balaban J connectivity index is 2.16. The lowest BCUT2D eigenvalue weighted by atomic mass is 10.1. The Labute approximate surface area is 139 Å². The van der Waals surface area contributed by atoms with Crippen LogP contribution in [0.1, 0.15) is 41.6 Å². The number of nitrogens with one attached hydrogen (secondary N) is 1. The summed E-state index contributed by atoms with van der Waals surface area (Å²) in [6, 6.07) is 8.75. The van der Waals surface area contributed by atoms with Crippen LogP contribution in [-0.2, 0) is 4.79 Å². The number of carbonyl (C=O) groups is 2. The molecule has 1 aromatic carbocycles. The van der Waals surface area contributed by atoms with Gasteiger partial charge in [0.1, 0.15) is 15.9 Å². The van der Waals surface area contributed by atoms with E-state index in [1.54, 1.807) is 6.92 Å². The zero-order chi connectivity index (χ0) is 16.8. The molecule has 2 aromatic rings. The van der Waals surface area contributed by atoms with Gasteiger partial charge in [-0.15, -0.1) is 11.3 Å². The van der Waals surface area contributed by atoms with E-state index in [-0.39, 0.29) is 5.91 Å². The van der Waals surface area contributed by atoms with E-state index < -0.39 is 12.0 Å². The third kappa shape index (κ3) is 4.39. The summed E-state index contributed by atoms with van der Waals surface area (Å²) < 4.78 is 0. The van der Waals surface area contributed by atoms with Gasteiger partial charge < -0.3 is 10.4 Å². The smallest absolute Gasteiger partial charge is 0.326 e. The van der Waals surface area contributed by atoms with Crippen molar-refractivity contribution >= 4 is 23.2 Å². The van der Waals surface area contributed by atoms with Crippen molar-refractivity contribution < 1.29 is 14.7 Å². The molecule has 5 nitrogen and oxygen atoms in total. The molecule has 1 atom stereocenters. The fourth-order valence-electron chi connectivity index (χ4n) is 2.20. The van der Waals surface area contributed by atoms with Gasteiger partial charge in [0.05, 0.1) is 5.69 Å². The standard InChI is InChI=1S/C17H20N2O3S/c1-3-4-10-13(17(21)22)19-15(20)14-11(2)18-16(23-14)12-8-6-5-7-9-12/h5-9,13H,3-4,10H2,1-2H3,(H,19,20)(H,21,22). The number of carboxylic acids is 1. The summed E-state index contributed by atoms with van der Waals surface area (Å²) in [5, 5.41) is 12.6. The molecule has 1 unspecified atom stereocenters. The molecule has 0 fully saturated rings. The van der Waals surface area contributed by atoms with Gasteiger partial charge in [-0.2, -0.15) is 0 Å². The van der Waals surface area contributed by atoms with Crippen molar-refractivity contribution in [3.63, 3.8) is 0 Å². The molecule has 2 N–H and O–H groups in total. The van der Waals surface area contributed by atoms with Crippen LogP contribution in [0.4, 0.5) is 0 Å². The minimum atomic E-state index is -1.00. The summed E-state index contributed by atoms with van der Waals surface area (Å²) in [6.07, 6.45) is 2.08. The Morgan fingerprint density at radius 3 is 2.61 bits per heavy atom. The quantitative estimate of drug-likeness (QED) is 0.813. The Morgan fingerprint density at radius 2 is 2.00 bits per heavy atom. The highest BCUT2D eigenvalue weighted by molar-refractivity contribution is 7.17. The molecule has 0 aliphatic carbocycles. The van der Waals surface area contributed by atoms with E-state index in [1.807, 2.05) is 37.3 Å². The normalized spacial score (nSPS) is 11.9. The van der Waals surface area contributed by atoms with Gasteiger partial charge in [-0.1, -0.05) is 50.1 Å². The van der Waals surface area contributed by atoms with E-state index >= 15 is 0 Å². The molecule has 122 valence electrons. The first kappa shape index (κ1) is 17.1. The molecule has 1 heterocycles. The molecule has 0 aliphatic heterocycles. The van der Waals surface area contributed by atoms with Gasteiger partial charge in [0.15, 0.2) is 0 Å². The first-order valence-corrected chi connectivity index (χ1v) is 8.41. The Kier molecular flexibility index (Phi) is 5.87. The number of carboxylic acid groups (broad SMARTS) is 1. The van der Waals surface area contributed by atoms with Crippen LogP contribution >= 0.6 is 11.3 Å². The largest absolute Gasteiger partial charge is 0.480 e. The average molecular weight is 332 g/mol. The van der Waals surface area contributed by atoms with Crippen molar-refractivity contribution in [2.24, 2.45) is 0 Å². The molecular formula is C17H20N2O3S. The maximum Gasteiger partial charge on any atom is 0.326 e. The summed E-state index contributed by atoms with van der Waals surface area (Å²) in [4.78, 5) is 28.5. The lowest BCUT2D eigenvalue weighted by Crippen LogP contribution is -2.40. The first-order chi connectivity index (χ1) is 11.0. The van der Waals surface area contributed by atoms with E-state index in [9.17, 15) is 14.7 Å². The average Bonchev–Trinajstić information content (AvgIpc) is 2.94. The van der Waals surface area contributed by atoms with Crippen LogP contribution < -0.4 is 5.32 Å². The minimum Gasteiger partial charge on any atom is -0.480 e. The van der Waals surface area contributed by atoms with Gasteiger partial charge in [0, 0.05) is 5.56 Å². The summed E-state index contributed by atoms with van der Waals surface area (Å²) in [5.41, 5.74) is 1.56. The summed E-state index contributed by atoms with van der Waals surface area (Å²) in [5.74, 6) is -1.37. The van der Waals surface area contributed by atoms with Crippen molar-refractivity contribution in [2.45, 2.75) is 39.2 Å². The maximum absolute atomic E-state index is 12.4. The molecule has 2 rings (SSSR count). The number of aliphatic carboxylic acids is 1. The second-order valence-electron chi connectivity index (χ2n) is 5.31. The molecule has 23 heavy (non-hydrogen) atoms. The number of rotatable bonds is 7. The van der Waals surface area contributed by atoms with Crippen molar-refractivity contribution in [1.82, 2.24) is 10.3 Å². The van der Waals surface area contributed by atoms with Gasteiger partial charge >= 0.3 is 5.97 Å². The number of carbonyl (C=O) groups excluding carboxylic acids is 1. The molecular weight excluding hydrogens is 312 g/mol. The second-order valence-corrected chi connectivity index (χ2v) is 6.31. The maximum atomic E-state index is 12.4. The Morgan fingerprint density at radius 1 is 1.30 bits per heavy atom. The minimum absolute atomic E-state index is 0.370. The van der Waals surface area contributed by atoms with E-state index in [0.29, 0.717) is 17.0 Å². The third-order valence-electron chi connectivity index (χ3n) is 3.47. The lowest BCUT2D eigenvalue weighted by molar-refractivity contribution is -0.139. The molecule has 1 aromatic heterocycles. The number of thiazole rings is 1. The first-order valence-electron chi connectivity index (χ1n) is 7.59. The number of hydrogen-bond donors (Lipinski definition) is 2. The Hall–Kier alpha value is -2.21. The third-order valence-corrected chi connectivity index (χ3v) is 4.68. The molecule has 0 aliphatic rings. The fourth-order valence-corrected chi connectivity index (χ4v) is 3.18. The zero-order valence-electron chi connectivity index (χ0n) is 13.2. The van der Waals surface area contributed by atoms with Gasteiger partial charge in [0.25, 0.3) is 5.91 Å². The van der Waals surface area contributed by atoms with E-state index in [4.69, 9.17) is 0 Å². The fraction of sp³-hybridized carbons (Fsp3) is 0.353. The highest BCUT2D eigenvalue weighted by atomic mass is 32.1. The summed E-state index contributed by atoms with van der Waals surface area (Å²) >= 11 is 1.28. The molecule has 0 bridgehead atoms. The van der Waals surface area contributed by atoms with E-state index in [0.717, 1.165) is 23.4 Å². The van der Waals surface area contributed by atoms with Gasteiger partial charge in [-0.25, -0.2) is 9.78 Å². The van der Waals surface area contributed by atoms with Crippen molar-refractivity contribution in [1.29, 1.82) is 0 Å². The zero-order valence-corrected chi connectivity index (χ0v) is 14.0. The highest BCUT2D eigenvalue weighted by Gasteiger charge is 2.23. The van der Waals surface area contributed by atoms with Crippen LogP contribution in [0.2, 0.25) is 0 Å². The van der Waals surface area contributed by atoms with Crippen molar-refractivity contribution in [3.8, 4) is 10.6 Å². The highest BCUT2D eigenvalue weighted by Crippen LogP contribution is 2.27. The van der Waals surface area contributed by atoms with Crippen LogP contribution in [0.25, 0.3) is 10.6 Å². The molecule has 0 saturated carbocycles. The predicted molar refractivity (Wildman–Crippen MR) is 90.7 cm³/mol. The van der Waals surface area contributed by atoms with Crippen LogP contribution in [0, 0.1) is 6.92 Å². The lowest BCUT2D eigenvalue weighted by Gasteiger charge is -2.13. The number of amides is 1. The van der Waals surface area contributed by atoms with Crippen LogP contribution in [0.15, 0.2) is 30.3 Å². The van der Waals surface area contributed by atoms with Gasteiger partial charge in [-0.05, 0) is 13.3 Å². The Bertz CT molecular complexity index is 682. The van der Waals surface area contributed by atoms with Crippen molar-refractivity contribution in [3.05, 3.63) is 40.9 Å². The number of aryl methyl sites for hydroxylation is 1. The number of hydrogen-bond acceptors (Lipinski definition) is 4. The van der Waals surface area contributed by atoms with Crippen LogP contribution in [-0.4, -0.2) is 28.0 Å². The predicted octanol–water partition coefficient (Wildman–Crippen LogP) is 3.49. The molecule has 6 heteroatoms. The summed E-state index contributed by atoms with van der Waals surface area (Å²) in [7, 11) is 0. The second kappa shape index (κ2) is 7.87. The summed E-state index contributed by atoms with van der Waals surface area (Å²) in [6.45, 7) is 3.75. The monoisotopic (exact) mass is 332 g/mol. The number of aromatic nitrogens is 1. The topological polar surface area (TPSA) is 79.3 Å². The van der Waals surface area contributed by atoms with Crippen LogP contribution in [0.5, 0.6) is 0 Å². The number of nitrogens with zero attached hydrogens (tertiary/aromatic N) is 1. The van der Waals surface area contributed by atoms with E-state index in [1.165, 1.54) is 11.3 Å². The van der Waals surface area contributed by atoms with Gasteiger partial charge in [0.2, 0.25) is 0 Å².